The monoisotopic (exact) mass is 234 g/mol. The summed E-state index contributed by atoms with van der Waals surface area (Å²) in [5.41, 5.74) is -2.21. The molecule has 0 atom stereocenters. The SMILES string of the molecule is O=CNc1cc([N+](=O)[O-])cc(C(F)(F)F)c1. The Morgan fingerprint density at radius 3 is 2.38 bits per heavy atom. The molecule has 0 saturated carbocycles. The minimum atomic E-state index is -4.70. The van der Waals surface area contributed by atoms with Crippen LogP contribution in [0.5, 0.6) is 0 Å². The van der Waals surface area contributed by atoms with E-state index in [-0.39, 0.29) is 12.1 Å². The van der Waals surface area contributed by atoms with E-state index in [0.29, 0.717) is 12.1 Å². The van der Waals surface area contributed by atoms with Crippen LogP contribution in [-0.2, 0) is 11.0 Å². The molecule has 16 heavy (non-hydrogen) atoms. The van der Waals surface area contributed by atoms with Crippen molar-refractivity contribution >= 4 is 17.8 Å². The maximum absolute atomic E-state index is 12.3. The number of anilines is 1. The number of rotatable bonds is 3. The van der Waals surface area contributed by atoms with Gasteiger partial charge in [-0.1, -0.05) is 0 Å². The molecule has 1 N–H and O–H groups in total. The van der Waals surface area contributed by atoms with Crippen LogP contribution in [0.15, 0.2) is 18.2 Å². The second kappa shape index (κ2) is 4.17. The van der Waals surface area contributed by atoms with Gasteiger partial charge < -0.3 is 5.32 Å². The second-order valence-corrected chi connectivity index (χ2v) is 2.79. The van der Waals surface area contributed by atoms with Crippen molar-refractivity contribution in [3.8, 4) is 0 Å². The number of hydrogen-bond acceptors (Lipinski definition) is 3. The summed E-state index contributed by atoms with van der Waals surface area (Å²) in [6.07, 6.45) is -4.56. The first kappa shape index (κ1) is 12.0. The maximum Gasteiger partial charge on any atom is 0.416 e. The Labute approximate surface area is 87.0 Å². The summed E-state index contributed by atoms with van der Waals surface area (Å²) in [7, 11) is 0. The molecular weight excluding hydrogens is 229 g/mol. The number of nitrogens with one attached hydrogen (secondary N) is 1. The number of nitro groups is 1. The first-order valence-electron chi connectivity index (χ1n) is 3.91. The zero-order valence-corrected chi connectivity index (χ0v) is 7.62. The largest absolute Gasteiger partial charge is 0.416 e. The zero-order valence-electron chi connectivity index (χ0n) is 7.62. The average molecular weight is 234 g/mol. The van der Waals surface area contributed by atoms with Crippen LogP contribution in [0.25, 0.3) is 0 Å². The molecule has 0 heterocycles. The number of hydrogen-bond donors (Lipinski definition) is 1. The van der Waals surface area contributed by atoms with E-state index in [2.05, 4.69) is 0 Å². The molecule has 5 nitrogen and oxygen atoms in total. The van der Waals surface area contributed by atoms with Gasteiger partial charge >= 0.3 is 6.18 Å². The standard InChI is InChI=1S/C8H5F3N2O3/c9-8(10,11)5-1-6(12-4-14)3-7(2-5)13(15)16/h1-4H,(H,12,14). The van der Waals surface area contributed by atoms with E-state index in [0.717, 1.165) is 6.07 Å². The van der Waals surface area contributed by atoms with Crippen LogP contribution in [0.1, 0.15) is 5.56 Å². The first-order chi connectivity index (χ1) is 7.34. The summed E-state index contributed by atoms with van der Waals surface area (Å²) in [5.74, 6) is 0. The van der Waals surface area contributed by atoms with Crippen molar-refractivity contribution in [1.29, 1.82) is 0 Å². The molecule has 1 aromatic carbocycles. The predicted octanol–water partition coefficient (Wildman–Crippen LogP) is 2.18. The average Bonchev–Trinajstić information content (AvgIpc) is 2.16. The minimum Gasteiger partial charge on any atom is -0.328 e. The molecule has 1 aromatic rings. The van der Waals surface area contributed by atoms with Crippen LogP contribution < -0.4 is 5.32 Å². The Kier molecular flexibility index (Phi) is 3.11. The van der Waals surface area contributed by atoms with E-state index in [9.17, 15) is 28.1 Å². The lowest BCUT2D eigenvalue weighted by molar-refractivity contribution is -0.385. The number of alkyl halides is 3. The lowest BCUT2D eigenvalue weighted by Gasteiger charge is -2.08. The van der Waals surface area contributed by atoms with Crippen LogP contribution in [0.3, 0.4) is 0 Å². The summed E-state index contributed by atoms with van der Waals surface area (Å²) in [4.78, 5) is 19.4. The van der Waals surface area contributed by atoms with Gasteiger partial charge in [0.15, 0.2) is 0 Å². The van der Waals surface area contributed by atoms with Crippen molar-refractivity contribution in [2.75, 3.05) is 5.32 Å². The molecule has 0 radical (unpaired) electrons. The molecule has 86 valence electrons. The van der Waals surface area contributed by atoms with Crippen molar-refractivity contribution in [1.82, 2.24) is 0 Å². The highest BCUT2D eigenvalue weighted by molar-refractivity contribution is 5.73. The van der Waals surface area contributed by atoms with E-state index in [1.165, 1.54) is 0 Å². The molecule has 0 unspecified atom stereocenters. The number of nitro benzene ring substituents is 1. The predicted molar refractivity (Wildman–Crippen MR) is 47.8 cm³/mol. The molecular formula is C8H5F3N2O3. The minimum absolute atomic E-state index is 0.138. The summed E-state index contributed by atoms with van der Waals surface area (Å²) < 4.78 is 36.9. The van der Waals surface area contributed by atoms with Gasteiger partial charge in [-0.2, -0.15) is 13.2 Å². The third-order valence-corrected chi connectivity index (χ3v) is 1.68. The van der Waals surface area contributed by atoms with Gasteiger partial charge in [0, 0.05) is 17.8 Å². The number of halogens is 3. The fourth-order valence-corrected chi connectivity index (χ4v) is 1.03. The molecule has 0 spiro atoms. The summed E-state index contributed by atoms with van der Waals surface area (Å²) in [6, 6.07) is 1.85. The van der Waals surface area contributed by atoms with Gasteiger partial charge in [0.2, 0.25) is 6.41 Å². The number of non-ortho nitro benzene ring substituents is 1. The van der Waals surface area contributed by atoms with Gasteiger partial charge in [-0.3, -0.25) is 14.9 Å². The van der Waals surface area contributed by atoms with Gasteiger partial charge in [0.1, 0.15) is 0 Å². The highest BCUT2D eigenvalue weighted by Gasteiger charge is 2.32. The maximum atomic E-state index is 12.3. The highest BCUT2D eigenvalue weighted by Crippen LogP contribution is 2.33. The lowest BCUT2D eigenvalue weighted by Crippen LogP contribution is -2.07. The van der Waals surface area contributed by atoms with Gasteiger partial charge in [-0.25, -0.2) is 0 Å². The zero-order chi connectivity index (χ0) is 12.3. The summed E-state index contributed by atoms with van der Waals surface area (Å²) in [5, 5.41) is 12.3. The Hall–Kier alpha value is -2.12. The molecule has 0 aliphatic carbocycles. The summed E-state index contributed by atoms with van der Waals surface area (Å²) in [6.45, 7) is 0. The quantitative estimate of drug-likeness (QED) is 0.495. The van der Waals surface area contributed by atoms with Crippen LogP contribution in [0, 0.1) is 10.1 Å². The van der Waals surface area contributed by atoms with Gasteiger partial charge in [-0.15, -0.1) is 0 Å². The third kappa shape index (κ3) is 2.69. The van der Waals surface area contributed by atoms with Crippen molar-refractivity contribution < 1.29 is 22.9 Å². The van der Waals surface area contributed by atoms with E-state index >= 15 is 0 Å². The Bertz CT molecular complexity index is 431. The van der Waals surface area contributed by atoms with Gasteiger partial charge in [0.05, 0.1) is 10.5 Å². The van der Waals surface area contributed by atoms with Crippen molar-refractivity contribution in [3.63, 3.8) is 0 Å². The van der Waals surface area contributed by atoms with Gasteiger partial charge in [0.25, 0.3) is 5.69 Å². The second-order valence-electron chi connectivity index (χ2n) is 2.79. The molecule has 1 rings (SSSR count). The molecule has 0 aliphatic rings. The van der Waals surface area contributed by atoms with E-state index in [1.54, 1.807) is 0 Å². The lowest BCUT2D eigenvalue weighted by atomic mass is 10.1. The fraction of sp³-hybridized carbons (Fsp3) is 0.125. The van der Waals surface area contributed by atoms with Crippen LogP contribution in [0.4, 0.5) is 24.5 Å². The normalized spacial score (nSPS) is 10.9. The molecule has 0 aromatic heterocycles. The third-order valence-electron chi connectivity index (χ3n) is 1.68. The van der Waals surface area contributed by atoms with E-state index in [1.807, 2.05) is 5.32 Å². The first-order valence-corrected chi connectivity index (χ1v) is 3.91. The Morgan fingerprint density at radius 1 is 1.31 bits per heavy atom. The fourth-order valence-electron chi connectivity index (χ4n) is 1.03. The topological polar surface area (TPSA) is 72.2 Å². The van der Waals surface area contributed by atoms with Crippen molar-refractivity contribution in [2.45, 2.75) is 6.18 Å². The van der Waals surface area contributed by atoms with Crippen LogP contribution >= 0.6 is 0 Å². The molecule has 8 heteroatoms. The number of benzene rings is 1. The highest BCUT2D eigenvalue weighted by atomic mass is 19.4. The number of carbonyl (C=O) groups excluding carboxylic acids is 1. The molecule has 0 saturated heterocycles. The molecule has 0 fully saturated rings. The Morgan fingerprint density at radius 2 is 1.94 bits per heavy atom. The van der Waals surface area contributed by atoms with E-state index in [4.69, 9.17) is 0 Å². The van der Waals surface area contributed by atoms with Crippen LogP contribution in [0.2, 0.25) is 0 Å². The van der Waals surface area contributed by atoms with Crippen molar-refractivity contribution in [3.05, 3.63) is 33.9 Å². The van der Waals surface area contributed by atoms with Crippen LogP contribution in [-0.4, -0.2) is 11.3 Å². The van der Waals surface area contributed by atoms with Gasteiger partial charge in [-0.05, 0) is 6.07 Å². The smallest absolute Gasteiger partial charge is 0.328 e. The summed E-state index contributed by atoms with van der Waals surface area (Å²) >= 11 is 0. The number of carbonyl (C=O) groups is 1. The number of amides is 1. The van der Waals surface area contributed by atoms with Crippen molar-refractivity contribution in [2.24, 2.45) is 0 Å². The number of nitrogens with zero attached hydrogens (tertiary/aromatic N) is 1. The molecule has 0 bridgehead atoms. The van der Waals surface area contributed by atoms with E-state index < -0.39 is 22.4 Å². The Balaban J connectivity index is 3.29. The molecule has 1 amide bonds. The molecule has 0 aliphatic heterocycles.